The molecule has 0 bridgehead atoms. The summed E-state index contributed by atoms with van der Waals surface area (Å²) in [6.45, 7) is 1.59. The van der Waals surface area contributed by atoms with Crippen molar-refractivity contribution >= 4 is 17.6 Å². The van der Waals surface area contributed by atoms with Gasteiger partial charge in [0.25, 0.3) is 5.91 Å². The van der Waals surface area contributed by atoms with Crippen molar-refractivity contribution < 1.29 is 23.8 Å². The first-order valence-corrected chi connectivity index (χ1v) is 7.33. The molecule has 2 aromatic rings. The summed E-state index contributed by atoms with van der Waals surface area (Å²) >= 11 is 0. The van der Waals surface area contributed by atoms with Gasteiger partial charge in [0.1, 0.15) is 11.5 Å². The first kappa shape index (κ1) is 17.3. The molecule has 0 heterocycles. The Bertz CT molecular complexity index is 694. The predicted octanol–water partition coefficient (Wildman–Crippen LogP) is 2.89. The number of carbonyl (C=O) groups is 2. The normalized spacial score (nSPS) is 11.3. The van der Waals surface area contributed by atoms with E-state index in [2.05, 4.69) is 10.1 Å². The average molecular weight is 329 g/mol. The summed E-state index contributed by atoms with van der Waals surface area (Å²) in [5.41, 5.74) is 1.14. The SMILES string of the molecule is COC(=O)C(C)Oc1ccc(C(=O)Nc2ccc(OC)cc2)cc1. The van der Waals surface area contributed by atoms with Crippen LogP contribution in [-0.2, 0) is 9.53 Å². The molecular weight excluding hydrogens is 310 g/mol. The van der Waals surface area contributed by atoms with Crippen LogP contribution in [-0.4, -0.2) is 32.2 Å². The monoisotopic (exact) mass is 329 g/mol. The van der Waals surface area contributed by atoms with Crippen molar-refractivity contribution in [3.63, 3.8) is 0 Å². The van der Waals surface area contributed by atoms with E-state index in [0.29, 0.717) is 22.7 Å². The number of ether oxygens (including phenoxy) is 3. The summed E-state index contributed by atoms with van der Waals surface area (Å²) in [7, 11) is 2.88. The lowest BCUT2D eigenvalue weighted by molar-refractivity contribution is -0.147. The molecule has 0 fully saturated rings. The van der Waals surface area contributed by atoms with Gasteiger partial charge in [0, 0.05) is 11.3 Å². The Labute approximate surface area is 140 Å². The molecule has 0 saturated carbocycles. The van der Waals surface area contributed by atoms with E-state index in [1.165, 1.54) is 7.11 Å². The van der Waals surface area contributed by atoms with Crippen LogP contribution in [0.2, 0.25) is 0 Å². The van der Waals surface area contributed by atoms with Crippen LogP contribution >= 0.6 is 0 Å². The number of benzene rings is 2. The van der Waals surface area contributed by atoms with Crippen molar-refractivity contribution in [2.75, 3.05) is 19.5 Å². The highest BCUT2D eigenvalue weighted by atomic mass is 16.6. The number of esters is 1. The first-order valence-electron chi connectivity index (χ1n) is 7.33. The molecule has 2 aromatic carbocycles. The van der Waals surface area contributed by atoms with E-state index in [4.69, 9.17) is 9.47 Å². The molecule has 24 heavy (non-hydrogen) atoms. The van der Waals surface area contributed by atoms with Crippen LogP contribution in [0.4, 0.5) is 5.69 Å². The number of nitrogens with one attached hydrogen (secondary N) is 1. The molecule has 126 valence electrons. The summed E-state index contributed by atoms with van der Waals surface area (Å²) in [5, 5.41) is 2.79. The zero-order valence-electron chi connectivity index (χ0n) is 13.7. The molecular formula is C18H19NO5. The Morgan fingerprint density at radius 1 is 0.917 bits per heavy atom. The van der Waals surface area contributed by atoms with E-state index in [9.17, 15) is 9.59 Å². The highest BCUT2D eigenvalue weighted by Crippen LogP contribution is 2.18. The van der Waals surface area contributed by atoms with E-state index >= 15 is 0 Å². The molecule has 0 aromatic heterocycles. The molecule has 6 nitrogen and oxygen atoms in total. The minimum atomic E-state index is -0.714. The van der Waals surface area contributed by atoms with Crippen LogP contribution < -0.4 is 14.8 Å². The molecule has 1 unspecified atom stereocenters. The quantitative estimate of drug-likeness (QED) is 0.825. The maximum atomic E-state index is 12.2. The number of hydrogen-bond acceptors (Lipinski definition) is 5. The van der Waals surface area contributed by atoms with Gasteiger partial charge in [-0.3, -0.25) is 4.79 Å². The average Bonchev–Trinajstić information content (AvgIpc) is 2.62. The molecule has 6 heteroatoms. The van der Waals surface area contributed by atoms with E-state index in [1.807, 2.05) is 0 Å². The smallest absolute Gasteiger partial charge is 0.346 e. The molecule has 0 aliphatic heterocycles. The van der Waals surface area contributed by atoms with Gasteiger partial charge in [0.15, 0.2) is 6.10 Å². The number of methoxy groups -OCH3 is 2. The van der Waals surface area contributed by atoms with Gasteiger partial charge in [-0.15, -0.1) is 0 Å². The van der Waals surface area contributed by atoms with Crippen LogP contribution in [0.15, 0.2) is 48.5 Å². The molecule has 0 aliphatic rings. The fourth-order valence-corrected chi connectivity index (χ4v) is 1.98. The molecule has 1 N–H and O–H groups in total. The van der Waals surface area contributed by atoms with Crippen molar-refractivity contribution in [3.05, 3.63) is 54.1 Å². The lowest BCUT2D eigenvalue weighted by Crippen LogP contribution is -2.24. The second-order valence-electron chi connectivity index (χ2n) is 4.99. The lowest BCUT2D eigenvalue weighted by Gasteiger charge is -2.12. The third kappa shape index (κ3) is 4.49. The van der Waals surface area contributed by atoms with Gasteiger partial charge in [-0.05, 0) is 55.5 Å². The van der Waals surface area contributed by atoms with Gasteiger partial charge < -0.3 is 19.5 Å². The Balaban J connectivity index is 1.98. The Morgan fingerprint density at radius 3 is 2.04 bits per heavy atom. The van der Waals surface area contributed by atoms with E-state index in [0.717, 1.165) is 0 Å². The Kier molecular flexibility index (Phi) is 5.78. The van der Waals surface area contributed by atoms with Crippen LogP contribution in [0.1, 0.15) is 17.3 Å². The van der Waals surface area contributed by atoms with Crippen molar-refractivity contribution in [2.24, 2.45) is 0 Å². The van der Waals surface area contributed by atoms with E-state index in [1.54, 1.807) is 62.6 Å². The summed E-state index contributed by atoms with van der Waals surface area (Å²) in [6.07, 6.45) is -0.714. The zero-order valence-corrected chi connectivity index (χ0v) is 13.7. The highest BCUT2D eigenvalue weighted by molar-refractivity contribution is 6.04. The number of carbonyl (C=O) groups excluding carboxylic acids is 2. The summed E-state index contributed by atoms with van der Waals surface area (Å²) < 4.78 is 15.1. The molecule has 2 rings (SSSR count). The summed E-state index contributed by atoms with van der Waals surface area (Å²) in [4.78, 5) is 23.5. The van der Waals surface area contributed by atoms with Gasteiger partial charge in [-0.1, -0.05) is 0 Å². The van der Waals surface area contributed by atoms with Gasteiger partial charge >= 0.3 is 5.97 Å². The minimum absolute atomic E-state index is 0.243. The fourth-order valence-electron chi connectivity index (χ4n) is 1.98. The minimum Gasteiger partial charge on any atom is -0.497 e. The Morgan fingerprint density at radius 2 is 1.50 bits per heavy atom. The van der Waals surface area contributed by atoms with Gasteiger partial charge in [0.05, 0.1) is 14.2 Å². The van der Waals surface area contributed by atoms with Crippen LogP contribution in [0, 0.1) is 0 Å². The largest absolute Gasteiger partial charge is 0.497 e. The van der Waals surface area contributed by atoms with Crippen LogP contribution in [0.25, 0.3) is 0 Å². The number of anilines is 1. The van der Waals surface area contributed by atoms with Crippen LogP contribution in [0.5, 0.6) is 11.5 Å². The van der Waals surface area contributed by atoms with Crippen molar-refractivity contribution in [3.8, 4) is 11.5 Å². The summed E-state index contributed by atoms with van der Waals surface area (Å²) in [6, 6.07) is 13.5. The molecule has 1 atom stereocenters. The van der Waals surface area contributed by atoms with Crippen molar-refractivity contribution in [1.29, 1.82) is 0 Å². The summed E-state index contributed by atoms with van der Waals surface area (Å²) in [5.74, 6) is 0.493. The number of amides is 1. The molecule has 0 radical (unpaired) electrons. The van der Waals surface area contributed by atoms with Crippen molar-refractivity contribution in [1.82, 2.24) is 0 Å². The maximum absolute atomic E-state index is 12.2. The van der Waals surface area contributed by atoms with Gasteiger partial charge in [-0.25, -0.2) is 4.79 Å². The maximum Gasteiger partial charge on any atom is 0.346 e. The second kappa shape index (κ2) is 8.01. The van der Waals surface area contributed by atoms with E-state index in [-0.39, 0.29) is 5.91 Å². The standard InChI is InChI=1S/C18H19NO5/c1-12(18(21)23-3)24-16-8-4-13(5-9-16)17(20)19-14-6-10-15(22-2)11-7-14/h4-12H,1-3H3,(H,19,20). The zero-order chi connectivity index (χ0) is 17.5. The molecule has 0 spiro atoms. The molecule has 1 amide bonds. The van der Waals surface area contributed by atoms with Crippen LogP contribution in [0.3, 0.4) is 0 Å². The first-order chi connectivity index (χ1) is 11.5. The number of hydrogen-bond donors (Lipinski definition) is 1. The third-order valence-corrected chi connectivity index (χ3v) is 3.31. The fraction of sp³-hybridized carbons (Fsp3) is 0.222. The van der Waals surface area contributed by atoms with Gasteiger partial charge in [-0.2, -0.15) is 0 Å². The molecule has 0 aliphatic carbocycles. The van der Waals surface area contributed by atoms with Gasteiger partial charge in [0.2, 0.25) is 0 Å². The predicted molar refractivity (Wildman–Crippen MR) is 89.5 cm³/mol. The number of rotatable bonds is 6. The van der Waals surface area contributed by atoms with Crippen molar-refractivity contribution in [2.45, 2.75) is 13.0 Å². The second-order valence-corrected chi connectivity index (χ2v) is 4.99. The highest BCUT2D eigenvalue weighted by Gasteiger charge is 2.15. The molecule has 0 saturated heterocycles. The van der Waals surface area contributed by atoms with E-state index < -0.39 is 12.1 Å². The Hall–Kier alpha value is -3.02. The third-order valence-electron chi connectivity index (χ3n) is 3.31. The lowest BCUT2D eigenvalue weighted by atomic mass is 10.2. The topological polar surface area (TPSA) is 73.9 Å².